The van der Waals surface area contributed by atoms with Crippen LogP contribution in [0.4, 0.5) is 5.82 Å². The lowest BCUT2D eigenvalue weighted by molar-refractivity contribution is 0.417. The molecule has 2 N–H and O–H groups in total. The Hall–Kier alpha value is -2.56. The van der Waals surface area contributed by atoms with Gasteiger partial charge in [-0.2, -0.15) is 0 Å². The Labute approximate surface area is 110 Å². The van der Waals surface area contributed by atoms with Crippen molar-refractivity contribution in [3.05, 3.63) is 42.4 Å². The molecule has 19 heavy (non-hydrogen) atoms. The number of rotatable bonds is 2. The minimum absolute atomic E-state index is 0.583. The van der Waals surface area contributed by atoms with Crippen LogP contribution in [0, 0.1) is 6.92 Å². The summed E-state index contributed by atoms with van der Waals surface area (Å²) in [6.45, 7) is 1.94. The van der Waals surface area contributed by atoms with E-state index in [9.17, 15) is 0 Å². The van der Waals surface area contributed by atoms with Crippen LogP contribution in [0.2, 0.25) is 0 Å². The molecule has 0 amide bonds. The van der Waals surface area contributed by atoms with E-state index < -0.39 is 0 Å². The fourth-order valence-electron chi connectivity index (χ4n) is 2.04. The number of aryl methyl sites for hydroxylation is 1. The van der Waals surface area contributed by atoms with Gasteiger partial charge in [-0.15, -0.1) is 0 Å². The highest BCUT2D eigenvalue weighted by Crippen LogP contribution is 2.29. The van der Waals surface area contributed by atoms with E-state index in [2.05, 4.69) is 9.97 Å². The molecular weight excluding hydrogens is 240 g/mol. The smallest absolute Gasteiger partial charge is 0.181 e. The highest BCUT2D eigenvalue weighted by Gasteiger charge is 2.14. The molecule has 0 aliphatic carbocycles. The van der Waals surface area contributed by atoms with E-state index in [0.717, 1.165) is 17.0 Å². The van der Waals surface area contributed by atoms with E-state index in [1.807, 2.05) is 41.8 Å². The van der Waals surface area contributed by atoms with Crippen LogP contribution in [0.15, 0.2) is 36.7 Å². The van der Waals surface area contributed by atoms with E-state index in [-0.39, 0.29) is 0 Å². The molecule has 0 unspecified atom stereocenters. The van der Waals surface area contributed by atoms with Gasteiger partial charge in [0.2, 0.25) is 0 Å². The summed E-state index contributed by atoms with van der Waals surface area (Å²) >= 11 is 0. The second-order valence-electron chi connectivity index (χ2n) is 4.30. The van der Waals surface area contributed by atoms with Crippen molar-refractivity contribution in [2.24, 2.45) is 0 Å². The van der Waals surface area contributed by atoms with Crippen molar-refractivity contribution in [2.75, 3.05) is 12.8 Å². The van der Waals surface area contributed by atoms with Gasteiger partial charge in [0.15, 0.2) is 11.4 Å². The van der Waals surface area contributed by atoms with Crippen molar-refractivity contribution in [1.82, 2.24) is 14.4 Å². The number of nitrogens with two attached hydrogens (primary N) is 1. The molecule has 5 heteroatoms. The van der Waals surface area contributed by atoms with Crippen LogP contribution in [0.25, 0.3) is 16.9 Å². The zero-order valence-electron chi connectivity index (χ0n) is 10.8. The number of imidazole rings is 1. The number of pyridine rings is 2. The molecule has 0 saturated heterocycles. The van der Waals surface area contributed by atoms with Gasteiger partial charge < -0.3 is 10.5 Å². The predicted octanol–water partition coefficient (Wildman–Crippen LogP) is 2.30. The Morgan fingerprint density at radius 2 is 2.11 bits per heavy atom. The number of nitrogen functional groups attached to an aromatic ring is 1. The fraction of sp³-hybridized carbons (Fsp3) is 0.143. The predicted molar refractivity (Wildman–Crippen MR) is 74.1 cm³/mol. The van der Waals surface area contributed by atoms with E-state index >= 15 is 0 Å². The summed E-state index contributed by atoms with van der Waals surface area (Å²) in [7, 11) is 1.62. The van der Waals surface area contributed by atoms with Gasteiger partial charge in [-0.3, -0.25) is 9.38 Å². The highest BCUT2D eigenvalue weighted by molar-refractivity contribution is 5.76. The summed E-state index contributed by atoms with van der Waals surface area (Å²) in [5, 5.41) is 0. The number of hydrogen-bond acceptors (Lipinski definition) is 4. The standard InChI is InChI=1S/C14H14N4O/c1-9-5-6-10(8-16-9)12-13(15)18-7-3-4-11(19-2)14(18)17-12/h3-8H,15H2,1-2H3. The van der Waals surface area contributed by atoms with E-state index in [1.54, 1.807) is 13.3 Å². The lowest BCUT2D eigenvalue weighted by Gasteiger charge is -2.01. The number of anilines is 1. The zero-order valence-corrected chi connectivity index (χ0v) is 10.8. The van der Waals surface area contributed by atoms with Gasteiger partial charge in [0, 0.05) is 23.7 Å². The van der Waals surface area contributed by atoms with Gasteiger partial charge in [-0.05, 0) is 31.2 Å². The average Bonchev–Trinajstić information content (AvgIpc) is 2.77. The molecule has 3 rings (SSSR count). The summed E-state index contributed by atoms with van der Waals surface area (Å²) in [6.07, 6.45) is 3.64. The zero-order chi connectivity index (χ0) is 13.4. The minimum atomic E-state index is 0.583. The molecule has 0 atom stereocenters. The van der Waals surface area contributed by atoms with E-state index in [0.29, 0.717) is 17.2 Å². The molecule has 96 valence electrons. The third-order valence-electron chi connectivity index (χ3n) is 3.06. The molecular formula is C14H14N4O. The van der Waals surface area contributed by atoms with Crippen LogP contribution in [0.3, 0.4) is 0 Å². The second kappa shape index (κ2) is 4.28. The Morgan fingerprint density at radius 1 is 1.26 bits per heavy atom. The maximum Gasteiger partial charge on any atom is 0.181 e. The van der Waals surface area contributed by atoms with Crippen molar-refractivity contribution in [1.29, 1.82) is 0 Å². The summed E-state index contributed by atoms with van der Waals surface area (Å²) in [5.74, 6) is 1.28. The van der Waals surface area contributed by atoms with Crippen molar-refractivity contribution >= 4 is 11.5 Å². The third kappa shape index (κ3) is 1.79. The molecule has 3 heterocycles. The van der Waals surface area contributed by atoms with Gasteiger partial charge in [-0.1, -0.05) is 0 Å². The van der Waals surface area contributed by atoms with Crippen LogP contribution in [0.1, 0.15) is 5.69 Å². The van der Waals surface area contributed by atoms with E-state index in [1.165, 1.54) is 0 Å². The van der Waals surface area contributed by atoms with Crippen LogP contribution in [-0.2, 0) is 0 Å². The number of fused-ring (bicyclic) bond motifs is 1. The van der Waals surface area contributed by atoms with Gasteiger partial charge in [0.05, 0.1) is 7.11 Å². The number of ether oxygens (including phenoxy) is 1. The minimum Gasteiger partial charge on any atom is -0.493 e. The Balaban J connectivity index is 2.25. The first-order chi connectivity index (χ1) is 9.20. The number of methoxy groups -OCH3 is 1. The molecule has 0 saturated carbocycles. The lowest BCUT2D eigenvalue weighted by atomic mass is 10.2. The molecule has 0 aromatic carbocycles. The van der Waals surface area contributed by atoms with Crippen LogP contribution in [-0.4, -0.2) is 21.5 Å². The van der Waals surface area contributed by atoms with Gasteiger partial charge in [0.1, 0.15) is 11.5 Å². The van der Waals surface area contributed by atoms with Crippen LogP contribution >= 0.6 is 0 Å². The third-order valence-corrected chi connectivity index (χ3v) is 3.06. The average molecular weight is 254 g/mol. The maximum absolute atomic E-state index is 6.15. The first kappa shape index (κ1) is 11.5. The van der Waals surface area contributed by atoms with Crippen molar-refractivity contribution in [3.8, 4) is 17.0 Å². The first-order valence-electron chi connectivity index (χ1n) is 5.94. The summed E-state index contributed by atoms with van der Waals surface area (Å²) in [4.78, 5) is 8.83. The monoisotopic (exact) mass is 254 g/mol. The fourth-order valence-corrected chi connectivity index (χ4v) is 2.04. The summed E-state index contributed by atoms with van der Waals surface area (Å²) in [5.41, 5.74) is 9.43. The first-order valence-corrected chi connectivity index (χ1v) is 5.94. The largest absolute Gasteiger partial charge is 0.493 e. The summed E-state index contributed by atoms with van der Waals surface area (Å²) in [6, 6.07) is 7.64. The number of nitrogens with zero attached hydrogens (tertiary/aromatic N) is 3. The van der Waals surface area contributed by atoms with Crippen molar-refractivity contribution in [2.45, 2.75) is 6.92 Å². The second-order valence-corrected chi connectivity index (χ2v) is 4.30. The summed E-state index contributed by atoms with van der Waals surface area (Å²) < 4.78 is 7.11. The molecule has 0 spiro atoms. The normalized spacial score (nSPS) is 10.8. The molecule has 3 aromatic rings. The van der Waals surface area contributed by atoms with Crippen molar-refractivity contribution < 1.29 is 4.74 Å². The molecule has 0 bridgehead atoms. The Bertz CT molecular complexity index is 731. The Morgan fingerprint density at radius 3 is 2.79 bits per heavy atom. The molecule has 5 nitrogen and oxygen atoms in total. The topological polar surface area (TPSA) is 65.4 Å². The Kier molecular flexibility index (Phi) is 2.59. The molecule has 3 aromatic heterocycles. The van der Waals surface area contributed by atoms with Gasteiger partial charge >= 0.3 is 0 Å². The SMILES string of the molecule is COc1cccn2c(N)c(-c3ccc(C)nc3)nc12. The lowest BCUT2D eigenvalue weighted by Crippen LogP contribution is -1.95. The molecule has 0 aliphatic rings. The van der Waals surface area contributed by atoms with Gasteiger partial charge in [0.25, 0.3) is 0 Å². The van der Waals surface area contributed by atoms with E-state index in [4.69, 9.17) is 10.5 Å². The molecule has 0 fully saturated rings. The quantitative estimate of drug-likeness (QED) is 0.762. The maximum atomic E-state index is 6.15. The highest BCUT2D eigenvalue weighted by atomic mass is 16.5. The van der Waals surface area contributed by atoms with Crippen molar-refractivity contribution in [3.63, 3.8) is 0 Å². The molecule has 0 aliphatic heterocycles. The molecule has 0 radical (unpaired) electrons. The van der Waals surface area contributed by atoms with Crippen LogP contribution in [0.5, 0.6) is 5.75 Å². The van der Waals surface area contributed by atoms with Gasteiger partial charge in [-0.25, -0.2) is 4.98 Å². The number of hydrogen-bond donors (Lipinski definition) is 1. The van der Waals surface area contributed by atoms with Crippen LogP contribution < -0.4 is 10.5 Å². The number of aromatic nitrogens is 3.